The summed E-state index contributed by atoms with van der Waals surface area (Å²) in [6, 6.07) is 6.95. The van der Waals surface area contributed by atoms with E-state index in [0.29, 0.717) is 24.5 Å². The van der Waals surface area contributed by atoms with Crippen LogP contribution in [0.1, 0.15) is 68.2 Å². The van der Waals surface area contributed by atoms with Crippen LogP contribution in [-0.2, 0) is 11.3 Å². The molecule has 9 heteroatoms. The van der Waals surface area contributed by atoms with Crippen LogP contribution in [0, 0.1) is 41.0 Å². The molecule has 0 N–H and O–H groups in total. The highest BCUT2D eigenvalue weighted by atomic mass is 19.4. The fourth-order valence-electron chi connectivity index (χ4n) is 4.73. The van der Waals surface area contributed by atoms with Gasteiger partial charge in [-0.05, 0) is 72.5 Å². The van der Waals surface area contributed by atoms with Gasteiger partial charge in [-0.3, -0.25) is 0 Å². The largest absolute Gasteiger partial charge is 0.489 e. The number of hydrogen-bond donors (Lipinski definition) is 0. The Kier molecular flexibility index (Phi) is 9.06. The molecule has 2 nitrogen and oxygen atoms in total. The fraction of sp³-hybridized carbons (Fsp3) is 0.400. The first-order valence-corrected chi connectivity index (χ1v) is 12.8. The summed E-state index contributed by atoms with van der Waals surface area (Å²) in [6.45, 7) is 2.21. The van der Waals surface area contributed by atoms with E-state index >= 15 is 0 Å². The van der Waals surface area contributed by atoms with E-state index in [9.17, 15) is 30.7 Å². The second-order valence-corrected chi connectivity index (χ2v) is 9.69. The van der Waals surface area contributed by atoms with Crippen molar-refractivity contribution in [1.29, 1.82) is 0 Å². The van der Waals surface area contributed by atoms with Gasteiger partial charge in [-0.25, -0.2) is 17.6 Å². The third kappa shape index (κ3) is 7.24. The molecule has 2 unspecified atom stereocenters. The van der Waals surface area contributed by atoms with E-state index in [2.05, 4.69) is 6.92 Å². The summed E-state index contributed by atoms with van der Waals surface area (Å²) in [7, 11) is 0. The van der Waals surface area contributed by atoms with Gasteiger partial charge in [-0.15, -0.1) is 0 Å². The minimum atomic E-state index is -4.91. The number of alkyl halides is 3. The zero-order valence-electron chi connectivity index (χ0n) is 21.2. The topological polar surface area (TPSA) is 18.5 Å². The van der Waals surface area contributed by atoms with Crippen molar-refractivity contribution >= 4 is 10.8 Å². The summed E-state index contributed by atoms with van der Waals surface area (Å²) < 4.78 is 107. The number of fused-ring (bicyclic) bond motifs is 1. The van der Waals surface area contributed by atoms with Crippen LogP contribution in [-0.4, -0.2) is 12.8 Å². The average molecular weight is 553 g/mol. The van der Waals surface area contributed by atoms with Gasteiger partial charge in [0.1, 0.15) is 35.6 Å². The van der Waals surface area contributed by atoms with Crippen molar-refractivity contribution in [1.82, 2.24) is 0 Å². The van der Waals surface area contributed by atoms with Gasteiger partial charge in [0.05, 0.1) is 23.8 Å². The van der Waals surface area contributed by atoms with E-state index in [1.54, 1.807) is 0 Å². The number of unbranched alkanes of at least 4 members (excludes halogenated alkanes) is 2. The predicted octanol–water partition coefficient (Wildman–Crippen LogP) is 8.94. The van der Waals surface area contributed by atoms with Crippen LogP contribution in [0.25, 0.3) is 10.8 Å². The minimum absolute atomic E-state index is 0.0150. The Balaban J connectivity index is 1.44. The summed E-state index contributed by atoms with van der Waals surface area (Å²) in [4.78, 5) is 0. The third-order valence-corrected chi connectivity index (χ3v) is 6.83. The standard InChI is InChI=1S/C30H27F7O2/c1-2-3-4-5-18-6-9-28(39-16-18)20-14-26(32)24(27(33)15-20)17-38-21-7-8-22-19(12-21)13-25(31)23(29(22)34)10-11-30(35,36)37/h7-8,12-15,18,28H,2-6,9,16-17H2,1H3. The second kappa shape index (κ2) is 12.3. The van der Waals surface area contributed by atoms with Crippen LogP contribution >= 0.6 is 0 Å². The van der Waals surface area contributed by atoms with Gasteiger partial charge in [-0.1, -0.05) is 32.1 Å². The van der Waals surface area contributed by atoms with Crippen molar-refractivity contribution in [2.75, 3.05) is 6.61 Å². The molecule has 0 radical (unpaired) electrons. The summed E-state index contributed by atoms with van der Waals surface area (Å²) in [6.07, 6.45) is 0.868. The highest BCUT2D eigenvalue weighted by Crippen LogP contribution is 2.34. The number of halogens is 7. The Hall–Kier alpha value is -3.25. The van der Waals surface area contributed by atoms with Gasteiger partial charge in [0.25, 0.3) is 0 Å². The van der Waals surface area contributed by atoms with Crippen LogP contribution in [0.4, 0.5) is 30.7 Å². The zero-order chi connectivity index (χ0) is 28.2. The summed E-state index contributed by atoms with van der Waals surface area (Å²) >= 11 is 0. The molecule has 1 saturated heterocycles. The molecular formula is C30H27F7O2. The fourth-order valence-corrected chi connectivity index (χ4v) is 4.73. The maximum atomic E-state index is 14.8. The Morgan fingerprint density at radius 1 is 0.949 bits per heavy atom. The van der Waals surface area contributed by atoms with Gasteiger partial charge in [0.2, 0.25) is 0 Å². The molecule has 1 heterocycles. The lowest BCUT2D eigenvalue weighted by Crippen LogP contribution is -2.21. The molecule has 0 aromatic heterocycles. The summed E-state index contributed by atoms with van der Waals surface area (Å²) in [5.41, 5.74) is -0.907. The molecule has 3 aromatic rings. The van der Waals surface area contributed by atoms with Crippen LogP contribution in [0.3, 0.4) is 0 Å². The van der Waals surface area contributed by atoms with Gasteiger partial charge >= 0.3 is 6.18 Å². The quantitative estimate of drug-likeness (QED) is 0.158. The number of ether oxygens (including phenoxy) is 2. The van der Waals surface area contributed by atoms with Gasteiger partial charge in [0.15, 0.2) is 0 Å². The van der Waals surface area contributed by atoms with Crippen molar-refractivity contribution in [2.24, 2.45) is 5.92 Å². The molecule has 0 spiro atoms. The molecule has 0 bridgehead atoms. The summed E-state index contributed by atoms with van der Waals surface area (Å²) in [5, 5.41) is -0.198. The molecule has 39 heavy (non-hydrogen) atoms. The molecule has 1 fully saturated rings. The molecule has 0 saturated carbocycles. The maximum absolute atomic E-state index is 14.8. The summed E-state index contributed by atoms with van der Waals surface area (Å²) in [5.74, 6) is -1.29. The molecule has 208 valence electrons. The highest BCUT2D eigenvalue weighted by molar-refractivity contribution is 5.86. The molecule has 3 aromatic carbocycles. The average Bonchev–Trinajstić information content (AvgIpc) is 2.87. The first-order valence-electron chi connectivity index (χ1n) is 12.8. The highest BCUT2D eigenvalue weighted by Gasteiger charge is 2.26. The Morgan fingerprint density at radius 2 is 1.69 bits per heavy atom. The maximum Gasteiger partial charge on any atom is 0.458 e. The van der Waals surface area contributed by atoms with E-state index in [4.69, 9.17) is 9.47 Å². The van der Waals surface area contributed by atoms with E-state index in [0.717, 1.165) is 37.7 Å². The van der Waals surface area contributed by atoms with Crippen molar-refractivity contribution < 1.29 is 40.2 Å². The lowest BCUT2D eigenvalue weighted by atomic mass is 9.90. The lowest BCUT2D eigenvalue weighted by Gasteiger charge is -2.29. The van der Waals surface area contributed by atoms with Crippen LogP contribution in [0.5, 0.6) is 5.75 Å². The van der Waals surface area contributed by atoms with Gasteiger partial charge < -0.3 is 9.47 Å². The van der Waals surface area contributed by atoms with Gasteiger partial charge in [0, 0.05) is 11.3 Å². The normalized spacial score (nSPS) is 17.6. The number of benzene rings is 3. The number of rotatable bonds is 8. The zero-order valence-corrected chi connectivity index (χ0v) is 21.2. The Morgan fingerprint density at radius 3 is 2.33 bits per heavy atom. The van der Waals surface area contributed by atoms with Gasteiger partial charge in [-0.2, -0.15) is 13.2 Å². The van der Waals surface area contributed by atoms with E-state index in [-0.39, 0.29) is 28.2 Å². The third-order valence-electron chi connectivity index (χ3n) is 6.83. The van der Waals surface area contributed by atoms with E-state index in [1.807, 2.05) is 0 Å². The van der Waals surface area contributed by atoms with Crippen LogP contribution < -0.4 is 4.74 Å². The van der Waals surface area contributed by atoms with Crippen molar-refractivity contribution in [3.05, 3.63) is 76.4 Å². The van der Waals surface area contributed by atoms with Crippen molar-refractivity contribution in [3.8, 4) is 17.6 Å². The Labute approximate surface area is 222 Å². The SMILES string of the molecule is CCCCCC1CCC(c2cc(F)c(COc3ccc4c(F)c(C#CC(F)(F)F)c(F)cc4c3)c(F)c2)OC1. The molecular weight excluding hydrogens is 525 g/mol. The van der Waals surface area contributed by atoms with E-state index in [1.165, 1.54) is 42.7 Å². The van der Waals surface area contributed by atoms with E-state index < -0.39 is 41.6 Å². The molecule has 0 aliphatic carbocycles. The first-order chi connectivity index (χ1) is 18.6. The molecule has 1 aliphatic rings. The molecule has 2 atom stereocenters. The Bertz CT molecular complexity index is 1360. The van der Waals surface area contributed by atoms with Crippen LogP contribution in [0.15, 0.2) is 36.4 Å². The molecule has 0 amide bonds. The lowest BCUT2D eigenvalue weighted by molar-refractivity contribution is -0.0696. The smallest absolute Gasteiger partial charge is 0.458 e. The minimum Gasteiger partial charge on any atom is -0.489 e. The number of hydrogen-bond acceptors (Lipinski definition) is 2. The monoisotopic (exact) mass is 552 g/mol. The van der Waals surface area contributed by atoms with Crippen LogP contribution in [0.2, 0.25) is 0 Å². The molecule has 4 rings (SSSR count). The second-order valence-electron chi connectivity index (χ2n) is 9.69. The van der Waals surface area contributed by atoms with Crippen molar-refractivity contribution in [2.45, 2.75) is 64.3 Å². The molecule has 1 aliphatic heterocycles. The predicted molar refractivity (Wildman–Crippen MR) is 133 cm³/mol. The van der Waals surface area contributed by atoms with Crippen molar-refractivity contribution in [3.63, 3.8) is 0 Å². The first kappa shape index (κ1) is 28.8.